The van der Waals surface area contributed by atoms with E-state index >= 15 is 0 Å². The van der Waals surface area contributed by atoms with Gasteiger partial charge in [0.15, 0.2) is 18.1 Å². The van der Waals surface area contributed by atoms with Crippen LogP contribution in [0.1, 0.15) is 5.56 Å². The Kier molecular flexibility index (Phi) is 8.11. The summed E-state index contributed by atoms with van der Waals surface area (Å²) in [5.74, 6) is 0.146. The number of furan rings is 1. The zero-order chi connectivity index (χ0) is 32.2. The highest BCUT2D eigenvalue weighted by Crippen LogP contribution is 2.38. The number of rotatable bonds is 10. The fourth-order valence-electron chi connectivity index (χ4n) is 4.81. The number of carbonyl (C=O) groups is 1. The van der Waals surface area contributed by atoms with Crippen LogP contribution < -0.4 is 25.1 Å². The summed E-state index contributed by atoms with van der Waals surface area (Å²) < 4.78 is 23.5. The summed E-state index contributed by atoms with van der Waals surface area (Å²) >= 11 is 0. The number of nitro benzene ring substituents is 1. The van der Waals surface area contributed by atoms with Crippen molar-refractivity contribution in [3.8, 4) is 28.8 Å². The molecule has 4 aromatic carbocycles. The lowest BCUT2D eigenvalue weighted by atomic mass is 10.2. The minimum atomic E-state index is -0.665. The SMILES string of the molecule is COc1cc(C=Nn2c(-c3cc4c(OC)cccc4o3)nc3ccccc3c2=O)cc([N+](=O)[O-])c1OCC(=O)Nc1ccccc1. The van der Waals surface area contributed by atoms with E-state index in [4.69, 9.17) is 18.6 Å². The van der Waals surface area contributed by atoms with Gasteiger partial charge in [0.1, 0.15) is 11.3 Å². The Balaban J connectivity index is 1.38. The van der Waals surface area contributed by atoms with Gasteiger partial charge in [-0.15, -0.1) is 0 Å². The molecule has 1 N–H and O–H groups in total. The summed E-state index contributed by atoms with van der Waals surface area (Å²) in [7, 11) is 2.85. The first kappa shape index (κ1) is 29.6. The van der Waals surface area contributed by atoms with Crippen LogP contribution in [0, 0.1) is 10.1 Å². The standard InChI is InChI=1S/C33H25N5O8/c1-43-26-13-8-14-27-23(26)17-29(46-27)32-36-24-12-7-6-11-22(24)33(40)37(32)34-18-20-15-25(38(41)42)31(28(16-20)44-2)45-19-30(39)35-21-9-4-3-5-10-21/h3-18H,19H2,1-2H3,(H,35,39). The summed E-state index contributed by atoms with van der Waals surface area (Å²) in [6, 6.07) is 25.1. The third-order valence-corrected chi connectivity index (χ3v) is 6.92. The second-order valence-corrected chi connectivity index (χ2v) is 9.83. The molecule has 0 spiro atoms. The topological polar surface area (TPSA) is 160 Å². The van der Waals surface area contributed by atoms with E-state index in [1.54, 1.807) is 86.0 Å². The van der Waals surface area contributed by atoms with Crippen LogP contribution in [0.4, 0.5) is 11.4 Å². The van der Waals surface area contributed by atoms with E-state index in [2.05, 4.69) is 15.4 Å². The Labute approximate surface area is 260 Å². The van der Waals surface area contributed by atoms with E-state index in [-0.39, 0.29) is 28.6 Å². The van der Waals surface area contributed by atoms with Crippen molar-refractivity contribution in [1.82, 2.24) is 9.66 Å². The average Bonchev–Trinajstić information content (AvgIpc) is 3.52. The predicted octanol–water partition coefficient (Wildman–Crippen LogP) is 5.63. The van der Waals surface area contributed by atoms with Crippen molar-refractivity contribution in [2.75, 3.05) is 26.1 Å². The molecule has 230 valence electrons. The maximum absolute atomic E-state index is 13.7. The Morgan fingerprint density at radius 3 is 2.50 bits per heavy atom. The lowest BCUT2D eigenvalue weighted by Crippen LogP contribution is -2.21. The highest BCUT2D eigenvalue weighted by molar-refractivity contribution is 5.92. The molecule has 13 heteroatoms. The lowest BCUT2D eigenvalue weighted by molar-refractivity contribution is -0.385. The van der Waals surface area contributed by atoms with E-state index < -0.39 is 28.7 Å². The largest absolute Gasteiger partial charge is 0.496 e. The number of nitrogens with zero attached hydrogens (tertiary/aromatic N) is 4. The van der Waals surface area contributed by atoms with Gasteiger partial charge in [-0.1, -0.05) is 36.4 Å². The van der Waals surface area contributed by atoms with Crippen LogP contribution in [-0.4, -0.2) is 47.5 Å². The minimum absolute atomic E-state index is 0.0169. The third kappa shape index (κ3) is 5.84. The molecule has 0 aliphatic carbocycles. The Hall–Kier alpha value is -6.50. The number of hydrogen-bond acceptors (Lipinski definition) is 10. The molecule has 0 aliphatic heterocycles. The predicted molar refractivity (Wildman–Crippen MR) is 171 cm³/mol. The van der Waals surface area contributed by atoms with Crippen molar-refractivity contribution in [1.29, 1.82) is 0 Å². The smallest absolute Gasteiger partial charge is 0.315 e. The van der Waals surface area contributed by atoms with Crippen LogP contribution in [0.25, 0.3) is 33.5 Å². The molecule has 0 unspecified atom stereocenters. The lowest BCUT2D eigenvalue weighted by Gasteiger charge is -2.12. The van der Waals surface area contributed by atoms with Crippen LogP contribution in [0.15, 0.2) is 105 Å². The van der Waals surface area contributed by atoms with Crippen LogP contribution in [-0.2, 0) is 4.79 Å². The van der Waals surface area contributed by atoms with E-state index in [1.165, 1.54) is 25.5 Å². The van der Waals surface area contributed by atoms with E-state index in [1.807, 2.05) is 0 Å². The van der Waals surface area contributed by atoms with Gasteiger partial charge in [0, 0.05) is 17.3 Å². The van der Waals surface area contributed by atoms with Gasteiger partial charge in [0.2, 0.25) is 11.6 Å². The van der Waals surface area contributed by atoms with Gasteiger partial charge < -0.3 is 23.9 Å². The number of ether oxygens (including phenoxy) is 3. The monoisotopic (exact) mass is 619 g/mol. The van der Waals surface area contributed by atoms with E-state index in [0.29, 0.717) is 33.3 Å². The molecular formula is C33H25N5O8. The highest BCUT2D eigenvalue weighted by atomic mass is 16.6. The zero-order valence-electron chi connectivity index (χ0n) is 24.5. The summed E-state index contributed by atoms with van der Waals surface area (Å²) in [5.41, 5.74) is 0.736. The van der Waals surface area contributed by atoms with Crippen molar-refractivity contribution in [2.24, 2.45) is 5.10 Å². The number of fused-ring (bicyclic) bond motifs is 2. The van der Waals surface area contributed by atoms with Crippen molar-refractivity contribution < 1.29 is 28.3 Å². The maximum atomic E-state index is 13.7. The van der Waals surface area contributed by atoms with Gasteiger partial charge >= 0.3 is 5.69 Å². The van der Waals surface area contributed by atoms with Crippen LogP contribution in [0.5, 0.6) is 17.2 Å². The zero-order valence-corrected chi connectivity index (χ0v) is 24.5. The second kappa shape index (κ2) is 12.6. The summed E-state index contributed by atoms with van der Waals surface area (Å²) in [6.45, 7) is -0.511. The molecule has 2 heterocycles. The van der Waals surface area contributed by atoms with E-state index in [9.17, 15) is 19.7 Å². The van der Waals surface area contributed by atoms with Gasteiger partial charge in [-0.25, -0.2) is 4.98 Å². The number of amides is 1. The Morgan fingerprint density at radius 1 is 0.978 bits per heavy atom. The maximum Gasteiger partial charge on any atom is 0.315 e. The van der Waals surface area contributed by atoms with Crippen molar-refractivity contribution in [3.63, 3.8) is 0 Å². The first-order valence-electron chi connectivity index (χ1n) is 13.8. The number of benzene rings is 4. The number of para-hydroxylation sites is 2. The number of nitrogens with one attached hydrogen (secondary N) is 1. The summed E-state index contributed by atoms with van der Waals surface area (Å²) in [6.07, 6.45) is 1.26. The van der Waals surface area contributed by atoms with Gasteiger partial charge in [-0.2, -0.15) is 9.78 Å². The molecule has 0 radical (unpaired) electrons. The number of carbonyl (C=O) groups excluding carboxylic acids is 1. The fourth-order valence-corrected chi connectivity index (χ4v) is 4.81. The van der Waals surface area contributed by atoms with Crippen LogP contribution in [0.3, 0.4) is 0 Å². The molecule has 6 aromatic rings. The molecule has 0 saturated heterocycles. The number of aromatic nitrogens is 2. The third-order valence-electron chi connectivity index (χ3n) is 6.92. The van der Waals surface area contributed by atoms with Gasteiger partial charge in [-0.3, -0.25) is 19.7 Å². The molecule has 0 saturated carbocycles. The minimum Gasteiger partial charge on any atom is -0.496 e. The molecule has 0 bridgehead atoms. The number of hydrogen-bond donors (Lipinski definition) is 1. The van der Waals surface area contributed by atoms with E-state index in [0.717, 1.165) is 4.68 Å². The Bertz CT molecular complexity index is 2190. The summed E-state index contributed by atoms with van der Waals surface area (Å²) in [4.78, 5) is 42.2. The molecule has 2 aromatic heterocycles. The number of anilines is 1. The van der Waals surface area contributed by atoms with Crippen molar-refractivity contribution >= 4 is 45.4 Å². The molecule has 13 nitrogen and oxygen atoms in total. The van der Waals surface area contributed by atoms with Crippen molar-refractivity contribution in [3.05, 3.63) is 117 Å². The molecule has 0 aliphatic rings. The molecule has 46 heavy (non-hydrogen) atoms. The quantitative estimate of drug-likeness (QED) is 0.116. The normalized spacial score (nSPS) is 11.2. The molecule has 0 fully saturated rings. The Morgan fingerprint density at radius 2 is 1.74 bits per heavy atom. The van der Waals surface area contributed by atoms with Crippen LogP contribution >= 0.6 is 0 Å². The number of nitro groups is 1. The van der Waals surface area contributed by atoms with Crippen LogP contribution in [0.2, 0.25) is 0 Å². The molecule has 0 atom stereocenters. The second-order valence-electron chi connectivity index (χ2n) is 9.83. The average molecular weight is 620 g/mol. The molecule has 6 rings (SSSR count). The molecular weight excluding hydrogens is 594 g/mol. The van der Waals surface area contributed by atoms with Gasteiger partial charge in [0.05, 0.1) is 41.6 Å². The van der Waals surface area contributed by atoms with Gasteiger partial charge in [-0.05, 0) is 48.5 Å². The number of methoxy groups -OCH3 is 2. The summed E-state index contributed by atoms with van der Waals surface area (Å²) in [5, 5.41) is 20.1. The highest BCUT2D eigenvalue weighted by Gasteiger charge is 2.24. The van der Waals surface area contributed by atoms with Crippen molar-refractivity contribution in [2.45, 2.75) is 0 Å². The first-order chi connectivity index (χ1) is 22.4. The van der Waals surface area contributed by atoms with Gasteiger partial charge in [0.25, 0.3) is 11.5 Å². The molecule has 1 amide bonds. The fraction of sp³-hybridized carbons (Fsp3) is 0.0909. The first-order valence-corrected chi connectivity index (χ1v) is 13.8.